The fraction of sp³-hybridized carbons (Fsp3) is 0.296. The summed E-state index contributed by atoms with van der Waals surface area (Å²) in [6.07, 6.45) is 5.80. The highest BCUT2D eigenvalue weighted by Crippen LogP contribution is 2.44. The first kappa shape index (κ1) is 24.8. The van der Waals surface area contributed by atoms with Crippen LogP contribution in [-0.2, 0) is 16.1 Å². The van der Waals surface area contributed by atoms with Crippen LogP contribution in [-0.4, -0.2) is 58.6 Å². The van der Waals surface area contributed by atoms with Crippen molar-refractivity contribution in [3.63, 3.8) is 0 Å². The Bertz CT molecular complexity index is 1250. The minimum absolute atomic E-state index is 0.00153. The van der Waals surface area contributed by atoms with E-state index in [9.17, 15) is 14.7 Å². The first-order valence-electron chi connectivity index (χ1n) is 11.7. The van der Waals surface area contributed by atoms with Gasteiger partial charge in [-0.25, -0.2) is 4.98 Å². The number of carbonyl (C=O) groups excluding carboxylic acids is 2. The summed E-state index contributed by atoms with van der Waals surface area (Å²) in [5.41, 5.74) is 0.950. The number of aryl methyl sites for hydroxylation is 1. The number of nitrogens with zero attached hydrogens (tertiary/aromatic N) is 3. The monoisotopic (exact) mass is 491 g/mol. The lowest BCUT2D eigenvalue weighted by Gasteiger charge is -2.27. The number of methoxy groups -OCH3 is 2. The number of likely N-dealkylation sites (tertiary alicyclic amines) is 1. The van der Waals surface area contributed by atoms with Crippen LogP contribution in [0.3, 0.4) is 0 Å². The Morgan fingerprint density at radius 1 is 1.03 bits per heavy atom. The Morgan fingerprint density at radius 3 is 2.42 bits per heavy atom. The predicted octanol–water partition coefficient (Wildman–Crippen LogP) is 3.81. The lowest BCUT2D eigenvalue weighted by Crippen LogP contribution is -2.31. The number of benzene rings is 2. The van der Waals surface area contributed by atoms with Crippen molar-refractivity contribution in [3.8, 4) is 17.2 Å². The number of rotatable bonds is 10. The molecule has 0 spiro atoms. The average Bonchev–Trinajstić information content (AvgIpc) is 3.51. The van der Waals surface area contributed by atoms with Crippen LogP contribution in [0, 0.1) is 0 Å². The number of carbonyl (C=O) groups is 2. The number of hydrogen-bond donors (Lipinski definition) is 1. The van der Waals surface area contributed by atoms with Crippen molar-refractivity contribution in [1.29, 1.82) is 0 Å². The van der Waals surface area contributed by atoms with Crippen LogP contribution >= 0.6 is 0 Å². The summed E-state index contributed by atoms with van der Waals surface area (Å²) in [7, 11) is 3.05. The van der Waals surface area contributed by atoms with Crippen molar-refractivity contribution >= 4 is 17.4 Å². The fourth-order valence-corrected chi connectivity index (χ4v) is 4.36. The third kappa shape index (κ3) is 4.91. The SMILES string of the molecule is CCOc1ccc(/C(O)=C2\C(=O)C(=O)N(CCCn3ccnc3)C2c2cc(OC)ccc2OC)cc1. The first-order valence-corrected chi connectivity index (χ1v) is 11.7. The van der Waals surface area contributed by atoms with Crippen molar-refractivity contribution in [1.82, 2.24) is 14.5 Å². The molecule has 1 N–H and O–H groups in total. The maximum atomic E-state index is 13.3. The Hall–Kier alpha value is -4.27. The van der Waals surface area contributed by atoms with E-state index in [1.165, 1.54) is 19.1 Å². The molecule has 188 valence electrons. The van der Waals surface area contributed by atoms with E-state index >= 15 is 0 Å². The molecular weight excluding hydrogens is 462 g/mol. The molecular formula is C27H29N3O6. The maximum absolute atomic E-state index is 13.3. The Kier molecular flexibility index (Phi) is 7.58. The standard InChI is InChI=1S/C27H29N3O6/c1-4-36-19-8-6-18(7-9-19)25(31)23-24(21-16-20(34-2)10-11-22(21)35-3)30(27(33)26(23)32)14-5-13-29-15-12-28-17-29/h6-12,15-17,24,31H,4-5,13-14H2,1-3H3/b25-23+. The lowest BCUT2D eigenvalue weighted by atomic mass is 9.94. The molecule has 4 rings (SSSR count). The molecule has 9 heteroatoms. The average molecular weight is 492 g/mol. The molecule has 0 bridgehead atoms. The highest BCUT2D eigenvalue weighted by molar-refractivity contribution is 6.46. The molecule has 9 nitrogen and oxygen atoms in total. The highest BCUT2D eigenvalue weighted by Gasteiger charge is 2.47. The number of aromatic nitrogens is 2. The summed E-state index contributed by atoms with van der Waals surface area (Å²) >= 11 is 0. The van der Waals surface area contributed by atoms with E-state index in [0.717, 1.165) is 0 Å². The van der Waals surface area contributed by atoms with Gasteiger partial charge in [0, 0.05) is 36.6 Å². The van der Waals surface area contributed by atoms with Crippen LogP contribution in [0.4, 0.5) is 0 Å². The molecule has 1 aliphatic heterocycles. The zero-order valence-corrected chi connectivity index (χ0v) is 20.5. The molecule has 0 radical (unpaired) electrons. The number of aliphatic hydroxyl groups is 1. The van der Waals surface area contributed by atoms with Crippen molar-refractivity contribution in [3.05, 3.63) is 77.9 Å². The van der Waals surface area contributed by atoms with Gasteiger partial charge in [-0.2, -0.15) is 0 Å². The molecule has 1 fully saturated rings. The molecule has 0 aliphatic carbocycles. The second kappa shape index (κ2) is 11.0. The number of ketones is 1. The van der Waals surface area contributed by atoms with E-state index in [1.54, 1.807) is 55.0 Å². The van der Waals surface area contributed by atoms with Crippen LogP contribution in [0.5, 0.6) is 17.2 Å². The maximum Gasteiger partial charge on any atom is 0.295 e. The van der Waals surface area contributed by atoms with Gasteiger partial charge in [-0.3, -0.25) is 9.59 Å². The van der Waals surface area contributed by atoms with Gasteiger partial charge in [-0.05, 0) is 55.8 Å². The number of Topliss-reactive ketones (excluding diaryl/α,β-unsaturated/α-hetero) is 1. The first-order chi connectivity index (χ1) is 17.5. The van der Waals surface area contributed by atoms with Crippen LogP contribution in [0.15, 0.2) is 66.8 Å². The van der Waals surface area contributed by atoms with E-state index in [4.69, 9.17) is 14.2 Å². The van der Waals surface area contributed by atoms with E-state index in [2.05, 4.69) is 4.98 Å². The van der Waals surface area contributed by atoms with Gasteiger partial charge in [0.05, 0.1) is 38.8 Å². The topological polar surface area (TPSA) is 103 Å². The molecule has 1 atom stereocenters. The molecule has 2 aromatic carbocycles. The summed E-state index contributed by atoms with van der Waals surface area (Å²) in [5, 5.41) is 11.3. The minimum atomic E-state index is -0.857. The smallest absolute Gasteiger partial charge is 0.295 e. The predicted molar refractivity (Wildman–Crippen MR) is 133 cm³/mol. The summed E-state index contributed by atoms with van der Waals surface area (Å²) in [6, 6.07) is 11.1. The van der Waals surface area contributed by atoms with Crippen LogP contribution in [0.1, 0.15) is 30.5 Å². The third-order valence-electron chi connectivity index (χ3n) is 6.08. The summed E-state index contributed by atoms with van der Waals surface area (Å²) in [4.78, 5) is 32.1. The van der Waals surface area contributed by atoms with Gasteiger partial charge >= 0.3 is 0 Å². The van der Waals surface area contributed by atoms with Gasteiger partial charge < -0.3 is 28.8 Å². The molecule has 2 heterocycles. The summed E-state index contributed by atoms with van der Waals surface area (Å²) in [5.74, 6) is -0.0407. The minimum Gasteiger partial charge on any atom is -0.507 e. The van der Waals surface area contributed by atoms with Crippen LogP contribution < -0.4 is 14.2 Å². The van der Waals surface area contributed by atoms with E-state index in [-0.39, 0.29) is 17.9 Å². The van der Waals surface area contributed by atoms with Crippen molar-refractivity contribution in [2.24, 2.45) is 0 Å². The van der Waals surface area contributed by atoms with Crippen molar-refractivity contribution < 1.29 is 28.9 Å². The second-order valence-electron chi connectivity index (χ2n) is 8.21. The molecule has 36 heavy (non-hydrogen) atoms. The Balaban J connectivity index is 1.79. The van der Waals surface area contributed by atoms with E-state index < -0.39 is 17.7 Å². The number of imidazole rings is 1. The zero-order valence-electron chi connectivity index (χ0n) is 20.5. The van der Waals surface area contributed by atoms with Crippen molar-refractivity contribution in [2.45, 2.75) is 25.9 Å². The Morgan fingerprint density at radius 2 is 1.78 bits per heavy atom. The molecule has 0 saturated carbocycles. The van der Waals surface area contributed by atoms with Gasteiger partial charge in [-0.1, -0.05) is 0 Å². The number of aliphatic hydroxyl groups excluding tert-OH is 1. The molecule has 1 saturated heterocycles. The van der Waals surface area contributed by atoms with E-state index in [1.807, 2.05) is 17.7 Å². The van der Waals surface area contributed by atoms with Gasteiger partial charge in [0.15, 0.2) is 0 Å². The third-order valence-corrected chi connectivity index (χ3v) is 6.08. The molecule has 1 amide bonds. The molecule has 3 aromatic rings. The quantitative estimate of drug-likeness (QED) is 0.261. The highest BCUT2D eigenvalue weighted by atomic mass is 16.5. The lowest BCUT2D eigenvalue weighted by molar-refractivity contribution is -0.140. The second-order valence-corrected chi connectivity index (χ2v) is 8.21. The largest absolute Gasteiger partial charge is 0.507 e. The van der Waals surface area contributed by atoms with Crippen molar-refractivity contribution in [2.75, 3.05) is 27.4 Å². The van der Waals surface area contributed by atoms with Gasteiger partial charge in [-0.15, -0.1) is 0 Å². The normalized spacial score (nSPS) is 16.9. The number of ether oxygens (including phenoxy) is 3. The summed E-state index contributed by atoms with van der Waals surface area (Å²) < 4.78 is 18.4. The molecule has 1 aromatic heterocycles. The van der Waals surface area contributed by atoms with Gasteiger partial charge in [0.25, 0.3) is 11.7 Å². The van der Waals surface area contributed by atoms with E-state index in [0.29, 0.717) is 47.9 Å². The zero-order chi connectivity index (χ0) is 25.7. The van der Waals surface area contributed by atoms with Crippen LogP contribution in [0.2, 0.25) is 0 Å². The van der Waals surface area contributed by atoms with Crippen LogP contribution in [0.25, 0.3) is 5.76 Å². The van der Waals surface area contributed by atoms with Gasteiger partial charge in [0.2, 0.25) is 0 Å². The van der Waals surface area contributed by atoms with Gasteiger partial charge in [0.1, 0.15) is 23.0 Å². The fourth-order valence-electron chi connectivity index (χ4n) is 4.36. The number of hydrogen-bond acceptors (Lipinski definition) is 7. The summed E-state index contributed by atoms with van der Waals surface area (Å²) in [6.45, 7) is 3.28. The number of amides is 1. The molecule has 1 aliphatic rings. The molecule has 1 unspecified atom stereocenters. The Labute approximate surface area is 209 Å².